The standard InChI is InChI=1S/C37H43ClFN7O3/c1-22-19-46(20-23(2)41-22)21-26-8-6-10-31(34(26)38)25-7-5-9-30(16-25)49-37-32(17-27(39)18-40-37)35(47)42-28-11-13-29(14-12-28)43-36(48)33-15-24(3)45(4)44-33/h5-10,15-18,22-23,28-29,41H,11-14,19-21H2,1-4H3,(H,42,47)(H,43,48)/t22-,23+,28?,29?. The fourth-order valence-corrected chi connectivity index (χ4v) is 7.12. The number of piperazine rings is 1. The summed E-state index contributed by atoms with van der Waals surface area (Å²) in [6, 6.07) is 17.0. The number of rotatable bonds is 9. The van der Waals surface area contributed by atoms with Gasteiger partial charge in [0.25, 0.3) is 11.8 Å². The molecular formula is C37H43ClFN7O3. The summed E-state index contributed by atoms with van der Waals surface area (Å²) in [4.78, 5) is 32.6. The van der Waals surface area contributed by atoms with Gasteiger partial charge in [-0.05, 0) is 81.8 Å². The summed E-state index contributed by atoms with van der Waals surface area (Å²) in [5.41, 5.74) is 4.06. The van der Waals surface area contributed by atoms with Crippen LogP contribution in [0.3, 0.4) is 0 Å². The van der Waals surface area contributed by atoms with Gasteiger partial charge in [0.05, 0.1) is 11.2 Å². The number of benzene rings is 2. The third-order valence-corrected chi connectivity index (χ3v) is 9.72. The number of pyridine rings is 1. The number of halogens is 2. The van der Waals surface area contributed by atoms with Gasteiger partial charge in [-0.3, -0.25) is 19.2 Å². The number of nitrogens with one attached hydrogen (secondary N) is 3. The Morgan fingerprint density at radius 3 is 2.33 bits per heavy atom. The molecule has 4 aromatic rings. The van der Waals surface area contributed by atoms with Crippen LogP contribution >= 0.6 is 11.6 Å². The molecule has 12 heteroatoms. The van der Waals surface area contributed by atoms with Crippen LogP contribution in [0.25, 0.3) is 11.1 Å². The lowest BCUT2D eigenvalue weighted by atomic mass is 9.91. The molecule has 2 aliphatic rings. The monoisotopic (exact) mass is 687 g/mol. The van der Waals surface area contributed by atoms with Crippen molar-refractivity contribution in [2.45, 2.75) is 77.2 Å². The summed E-state index contributed by atoms with van der Waals surface area (Å²) >= 11 is 6.98. The number of hydrogen-bond donors (Lipinski definition) is 3. The summed E-state index contributed by atoms with van der Waals surface area (Å²) in [7, 11) is 1.80. The van der Waals surface area contributed by atoms with Gasteiger partial charge in [0.1, 0.15) is 22.8 Å². The number of nitrogens with zero attached hydrogens (tertiary/aromatic N) is 4. The number of aryl methyl sites for hydroxylation is 2. The van der Waals surface area contributed by atoms with E-state index in [1.807, 2.05) is 37.3 Å². The first kappa shape index (κ1) is 34.5. The Morgan fingerprint density at radius 1 is 0.980 bits per heavy atom. The third kappa shape index (κ3) is 8.46. The number of aromatic nitrogens is 3. The average molecular weight is 688 g/mol. The van der Waals surface area contributed by atoms with Crippen molar-refractivity contribution in [2.24, 2.45) is 7.05 Å². The van der Waals surface area contributed by atoms with Crippen molar-refractivity contribution in [3.8, 4) is 22.8 Å². The lowest BCUT2D eigenvalue weighted by Gasteiger charge is -2.36. The molecule has 2 atom stereocenters. The summed E-state index contributed by atoms with van der Waals surface area (Å²) in [6.45, 7) is 8.92. The molecular weight excluding hydrogens is 645 g/mol. The SMILES string of the molecule is Cc1cc(C(=O)NC2CCC(NC(=O)c3cc(F)cnc3Oc3cccc(-c4cccc(CN5C[C@@H](C)N[C@@H](C)C5)c4Cl)c3)CC2)nn1C. The zero-order valence-electron chi connectivity index (χ0n) is 28.3. The van der Waals surface area contributed by atoms with Crippen LogP contribution < -0.4 is 20.7 Å². The van der Waals surface area contributed by atoms with E-state index in [1.165, 1.54) is 0 Å². The summed E-state index contributed by atoms with van der Waals surface area (Å²) in [5, 5.41) is 14.6. The second kappa shape index (κ2) is 15.1. The quantitative estimate of drug-likeness (QED) is 0.197. The lowest BCUT2D eigenvalue weighted by molar-refractivity contribution is 0.0887. The first-order valence-electron chi connectivity index (χ1n) is 16.8. The Morgan fingerprint density at radius 2 is 1.65 bits per heavy atom. The molecule has 1 saturated carbocycles. The zero-order valence-corrected chi connectivity index (χ0v) is 29.1. The normalized spacial score (nSPS) is 21.3. The van der Waals surface area contributed by atoms with Crippen LogP contribution in [0.5, 0.6) is 11.6 Å². The molecule has 2 amide bonds. The van der Waals surface area contributed by atoms with Gasteiger partial charge in [0, 0.05) is 62.1 Å². The molecule has 1 aliphatic carbocycles. The Balaban J connectivity index is 1.10. The van der Waals surface area contributed by atoms with Crippen molar-refractivity contribution in [2.75, 3.05) is 13.1 Å². The molecule has 258 valence electrons. The first-order valence-corrected chi connectivity index (χ1v) is 17.2. The van der Waals surface area contributed by atoms with E-state index in [4.69, 9.17) is 16.3 Å². The molecule has 6 rings (SSSR count). The molecule has 0 bridgehead atoms. The van der Waals surface area contributed by atoms with Crippen molar-refractivity contribution in [1.82, 2.24) is 35.6 Å². The molecule has 0 radical (unpaired) electrons. The average Bonchev–Trinajstić information content (AvgIpc) is 3.41. The number of amides is 2. The first-order chi connectivity index (χ1) is 23.5. The van der Waals surface area contributed by atoms with Gasteiger partial charge < -0.3 is 20.7 Å². The van der Waals surface area contributed by atoms with Crippen LogP contribution in [0.2, 0.25) is 5.02 Å². The maximum atomic E-state index is 14.4. The van der Waals surface area contributed by atoms with Crippen LogP contribution in [0.4, 0.5) is 4.39 Å². The molecule has 2 aromatic carbocycles. The van der Waals surface area contributed by atoms with Gasteiger partial charge in [-0.1, -0.05) is 41.9 Å². The summed E-state index contributed by atoms with van der Waals surface area (Å²) < 4.78 is 22.2. The summed E-state index contributed by atoms with van der Waals surface area (Å²) in [5.74, 6) is -0.871. The van der Waals surface area contributed by atoms with Gasteiger partial charge in [-0.25, -0.2) is 9.37 Å². The van der Waals surface area contributed by atoms with E-state index in [0.29, 0.717) is 54.2 Å². The number of carbonyl (C=O) groups is 2. The fraction of sp³-hybridized carbons (Fsp3) is 0.405. The van der Waals surface area contributed by atoms with Gasteiger partial charge in [-0.2, -0.15) is 5.10 Å². The van der Waals surface area contributed by atoms with E-state index in [9.17, 15) is 14.0 Å². The molecule has 3 heterocycles. The second-order valence-corrected chi connectivity index (χ2v) is 13.7. The van der Waals surface area contributed by atoms with Crippen molar-refractivity contribution in [3.05, 3.63) is 94.1 Å². The highest BCUT2D eigenvalue weighted by Crippen LogP contribution is 2.35. The minimum Gasteiger partial charge on any atom is -0.438 e. The van der Waals surface area contributed by atoms with Gasteiger partial charge in [0.2, 0.25) is 5.88 Å². The molecule has 3 N–H and O–H groups in total. The van der Waals surface area contributed by atoms with E-state index >= 15 is 0 Å². The molecule has 0 unspecified atom stereocenters. The minimum atomic E-state index is -0.640. The maximum absolute atomic E-state index is 14.4. The molecule has 1 aliphatic heterocycles. The number of hydrogen-bond acceptors (Lipinski definition) is 7. The zero-order chi connectivity index (χ0) is 34.7. The van der Waals surface area contributed by atoms with Crippen LogP contribution in [-0.2, 0) is 13.6 Å². The van der Waals surface area contributed by atoms with Crippen LogP contribution in [0.15, 0.2) is 60.8 Å². The molecule has 10 nitrogen and oxygen atoms in total. The van der Waals surface area contributed by atoms with Gasteiger partial charge >= 0.3 is 0 Å². The van der Waals surface area contributed by atoms with E-state index in [1.54, 1.807) is 23.9 Å². The number of carbonyl (C=O) groups excluding carboxylic acids is 2. The van der Waals surface area contributed by atoms with Crippen LogP contribution in [0.1, 0.15) is 71.6 Å². The largest absolute Gasteiger partial charge is 0.438 e. The molecule has 49 heavy (non-hydrogen) atoms. The molecule has 2 aromatic heterocycles. The highest BCUT2D eigenvalue weighted by atomic mass is 35.5. The topological polar surface area (TPSA) is 113 Å². The van der Waals surface area contributed by atoms with Crippen LogP contribution in [-0.4, -0.2) is 68.7 Å². The highest BCUT2D eigenvalue weighted by Gasteiger charge is 2.27. The molecule has 2 fully saturated rings. The predicted molar refractivity (Wildman–Crippen MR) is 187 cm³/mol. The fourth-order valence-electron chi connectivity index (χ4n) is 6.82. The van der Waals surface area contributed by atoms with Crippen molar-refractivity contribution < 1.29 is 18.7 Å². The molecule has 1 saturated heterocycles. The lowest BCUT2D eigenvalue weighted by Crippen LogP contribution is -2.53. The smallest absolute Gasteiger partial charge is 0.272 e. The Hall–Kier alpha value is -4.32. The Kier molecular flexibility index (Phi) is 10.6. The van der Waals surface area contributed by atoms with Crippen LogP contribution in [0, 0.1) is 12.7 Å². The van der Waals surface area contributed by atoms with Crippen molar-refractivity contribution in [1.29, 1.82) is 0 Å². The van der Waals surface area contributed by atoms with E-state index in [-0.39, 0.29) is 29.4 Å². The third-order valence-electron chi connectivity index (χ3n) is 9.27. The van der Waals surface area contributed by atoms with Crippen molar-refractivity contribution in [3.63, 3.8) is 0 Å². The van der Waals surface area contributed by atoms with E-state index in [2.05, 4.69) is 50.8 Å². The highest BCUT2D eigenvalue weighted by molar-refractivity contribution is 6.34. The predicted octanol–water partition coefficient (Wildman–Crippen LogP) is 6.03. The van der Waals surface area contributed by atoms with E-state index in [0.717, 1.165) is 54.3 Å². The van der Waals surface area contributed by atoms with Gasteiger partial charge in [-0.15, -0.1) is 0 Å². The molecule has 0 spiro atoms. The Labute approximate surface area is 291 Å². The summed E-state index contributed by atoms with van der Waals surface area (Å²) in [6.07, 6.45) is 3.73. The Bertz CT molecular complexity index is 1790. The van der Waals surface area contributed by atoms with E-state index < -0.39 is 11.7 Å². The maximum Gasteiger partial charge on any atom is 0.272 e. The number of ether oxygens (including phenoxy) is 1. The second-order valence-electron chi connectivity index (χ2n) is 13.4. The minimum absolute atomic E-state index is 0.00412. The van der Waals surface area contributed by atoms with Crippen molar-refractivity contribution >= 4 is 23.4 Å². The van der Waals surface area contributed by atoms with Gasteiger partial charge in [0.15, 0.2) is 0 Å².